The molecule has 1 atom stereocenters. The van der Waals surface area contributed by atoms with E-state index in [0.717, 1.165) is 16.9 Å². The van der Waals surface area contributed by atoms with Crippen molar-refractivity contribution in [1.29, 1.82) is 0 Å². The molecule has 4 nitrogen and oxygen atoms in total. The molecule has 0 heterocycles. The van der Waals surface area contributed by atoms with Crippen LogP contribution in [0.5, 0.6) is 5.75 Å². The Kier molecular flexibility index (Phi) is 4.66. The Labute approximate surface area is 117 Å². The van der Waals surface area contributed by atoms with E-state index < -0.39 is 6.04 Å². The molecule has 4 heteroatoms. The summed E-state index contributed by atoms with van der Waals surface area (Å²) in [6.45, 7) is 0. The Morgan fingerprint density at radius 1 is 1.10 bits per heavy atom. The number of hydrogen-bond donors (Lipinski definition) is 0. The lowest BCUT2D eigenvalue weighted by atomic mass is 10.1. The Morgan fingerprint density at radius 3 is 2.40 bits per heavy atom. The second-order valence-corrected chi connectivity index (χ2v) is 4.02. The second-order valence-electron chi connectivity index (χ2n) is 4.02. The van der Waals surface area contributed by atoms with Gasteiger partial charge < -0.3 is 4.74 Å². The van der Waals surface area contributed by atoms with Gasteiger partial charge in [-0.05, 0) is 35.4 Å². The first-order chi connectivity index (χ1) is 9.83. The summed E-state index contributed by atoms with van der Waals surface area (Å²) < 4.78 is 5.09. The number of methoxy groups -OCH3 is 1. The van der Waals surface area contributed by atoms with Crippen LogP contribution in [0.3, 0.4) is 0 Å². The molecule has 2 rings (SSSR count). The van der Waals surface area contributed by atoms with Crippen molar-refractivity contribution in [1.82, 2.24) is 0 Å². The van der Waals surface area contributed by atoms with Gasteiger partial charge in [0.15, 0.2) is 0 Å². The molecular weight excluding hydrogens is 250 g/mol. The maximum Gasteiger partial charge on any atom is 0.124 e. The molecule has 20 heavy (non-hydrogen) atoms. The summed E-state index contributed by atoms with van der Waals surface area (Å²) in [6, 6.07) is 16.4. The lowest BCUT2D eigenvalue weighted by Gasteiger charge is -2.03. The van der Waals surface area contributed by atoms with E-state index in [9.17, 15) is 0 Å². The van der Waals surface area contributed by atoms with E-state index in [4.69, 9.17) is 10.3 Å². The molecule has 0 spiro atoms. The Bertz CT molecular complexity index is 662. The van der Waals surface area contributed by atoms with Crippen LogP contribution in [0, 0.1) is 11.8 Å². The summed E-state index contributed by atoms with van der Waals surface area (Å²) in [7, 11) is 1.62. The van der Waals surface area contributed by atoms with Crippen LogP contribution in [-0.2, 0) is 0 Å². The third-order valence-electron chi connectivity index (χ3n) is 2.73. The molecule has 0 amide bonds. The van der Waals surface area contributed by atoms with E-state index in [1.54, 1.807) is 7.11 Å². The lowest BCUT2D eigenvalue weighted by molar-refractivity contribution is 0.415. The molecule has 0 aliphatic heterocycles. The molecule has 0 radical (unpaired) electrons. The van der Waals surface area contributed by atoms with Crippen molar-refractivity contribution in [2.45, 2.75) is 6.04 Å². The van der Waals surface area contributed by atoms with Crippen molar-refractivity contribution >= 4 is 0 Å². The number of rotatable bonds is 3. The summed E-state index contributed by atoms with van der Waals surface area (Å²) in [5, 5.41) is 3.73. The van der Waals surface area contributed by atoms with Crippen molar-refractivity contribution in [2.75, 3.05) is 7.11 Å². The number of ether oxygens (including phenoxy) is 1. The van der Waals surface area contributed by atoms with Gasteiger partial charge in [0.25, 0.3) is 0 Å². The second kappa shape index (κ2) is 6.89. The lowest BCUT2D eigenvalue weighted by Crippen LogP contribution is -1.90. The maximum absolute atomic E-state index is 8.64. The first-order valence-electron chi connectivity index (χ1n) is 6.08. The van der Waals surface area contributed by atoms with Gasteiger partial charge in [-0.3, -0.25) is 0 Å². The van der Waals surface area contributed by atoms with Crippen molar-refractivity contribution in [3.8, 4) is 17.6 Å². The molecule has 0 saturated heterocycles. The molecule has 0 bridgehead atoms. The van der Waals surface area contributed by atoms with Gasteiger partial charge >= 0.3 is 0 Å². The van der Waals surface area contributed by atoms with Crippen LogP contribution in [0.4, 0.5) is 0 Å². The highest BCUT2D eigenvalue weighted by Crippen LogP contribution is 2.17. The van der Waals surface area contributed by atoms with Gasteiger partial charge in [0.2, 0.25) is 0 Å². The average Bonchev–Trinajstić information content (AvgIpc) is 2.53. The van der Waals surface area contributed by atoms with Gasteiger partial charge in [0.05, 0.1) is 7.11 Å². The van der Waals surface area contributed by atoms with Crippen molar-refractivity contribution < 1.29 is 4.74 Å². The van der Waals surface area contributed by atoms with Crippen LogP contribution in [-0.4, -0.2) is 7.11 Å². The topological polar surface area (TPSA) is 58.0 Å². The number of benzene rings is 2. The van der Waals surface area contributed by atoms with Gasteiger partial charge in [0.1, 0.15) is 11.8 Å². The Hall–Kier alpha value is -2.89. The fourth-order valence-corrected chi connectivity index (χ4v) is 1.69. The molecule has 0 aliphatic carbocycles. The highest BCUT2D eigenvalue weighted by atomic mass is 16.5. The molecule has 98 valence electrons. The van der Waals surface area contributed by atoms with Gasteiger partial charge in [0, 0.05) is 10.5 Å². The molecule has 0 saturated carbocycles. The minimum absolute atomic E-state index is 0.483. The highest BCUT2D eigenvalue weighted by Gasteiger charge is 2.04. The van der Waals surface area contributed by atoms with E-state index in [-0.39, 0.29) is 0 Å². The third kappa shape index (κ3) is 3.55. The molecule has 1 unspecified atom stereocenters. The van der Waals surface area contributed by atoms with Crippen molar-refractivity contribution in [3.05, 3.63) is 76.2 Å². The zero-order chi connectivity index (χ0) is 14.2. The van der Waals surface area contributed by atoms with Gasteiger partial charge in [-0.15, -0.1) is 0 Å². The summed E-state index contributed by atoms with van der Waals surface area (Å²) in [4.78, 5) is 2.85. The predicted octanol–water partition coefficient (Wildman–Crippen LogP) is 4.10. The van der Waals surface area contributed by atoms with Crippen molar-refractivity contribution in [3.63, 3.8) is 0 Å². The molecule has 0 fully saturated rings. The molecular formula is C16H13N3O. The first kappa shape index (κ1) is 13.5. The van der Waals surface area contributed by atoms with Crippen LogP contribution < -0.4 is 4.74 Å². The minimum Gasteiger partial charge on any atom is -0.497 e. The standard InChI is InChI=1S/C16H13N3O/c1-20-15-10-7-13(8-11-15)9-12-16(18-19-17)14-5-3-2-4-6-14/h2-8,10-11,16H,1H3. The van der Waals surface area contributed by atoms with Crippen LogP contribution in [0.15, 0.2) is 59.7 Å². The molecule has 0 aromatic heterocycles. The normalized spacial score (nSPS) is 10.7. The van der Waals surface area contributed by atoms with Crippen LogP contribution in [0.25, 0.3) is 10.4 Å². The average molecular weight is 263 g/mol. The Morgan fingerprint density at radius 2 is 1.80 bits per heavy atom. The zero-order valence-electron chi connectivity index (χ0n) is 11.0. The summed E-state index contributed by atoms with van der Waals surface area (Å²) >= 11 is 0. The highest BCUT2D eigenvalue weighted by molar-refractivity contribution is 5.40. The Balaban J connectivity index is 2.24. The largest absolute Gasteiger partial charge is 0.497 e. The first-order valence-corrected chi connectivity index (χ1v) is 6.08. The van der Waals surface area contributed by atoms with Crippen LogP contribution >= 0.6 is 0 Å². The number of nitrogens with zero attached hydrogens (tertiary/aromatic N) is 3. The van der Waals surface area contributed by atoms with Crippen LogP contribution in [0.2, 0.25) is 0 Å². The molecule has 0 aliphatic rings. The van der Waals surface area contributed by atoms with Gasteiger partial charge in [-0.1, -0.05) is 47.3 Å². The van der Waals surface area contributed by atoms with Gasteiger partial charge in [-0.25, -0.2) is 0 Å². The maximum atomic E-state index is 8.64. The quantitative estimate of drug-likeness (QED) is 0.356. The zero-order valence-corrected chi connectivity index (χ0v) is 11.0. The summed E-state index contributed by atoms with van der Waals surface area (Å²) in [5.74, 6) is 6.77. The summed E-state index contributed by atoms with van der Waals surface area (Å²) in [5.41, 5.74) is 10.4. The smallest absolute Gasteiger partial charge is 0.124 e. The van der Waals surface area contributed by atoms with E-state index in [1.807, 2.05) is 54.6 Å². The molecule has 2 aromatic carbocycles. The fourth-order valence-electron chi connectivity index (χ4n) is 1.69. The third-order valence-corrected chi connectivity index (χ3v) is 2.73. The van der Waals surface area contributed by atoms with E-state index >= 15 is 0 Å². The van der Waals surface area contributed by atoms with E-state index in [2.05, 4.69) is 21.9 Å². The molecule has 2 aromatic rings. The minimum atomic E-state index is -0.483. The fraction of sp³-hybridized carbons (Fsp3) is 0.125. The predicted molar refractivity (Wildman–Crippen MR) is 78.2 cm³/mol. The SMILES string of the molecule is COc1ccc(C#CC(N=[N+]=[N-])c2ccccc2)cc1. The van der Waals surface area contributed by atoms with E-state index in [0.29, 0.717) is 0 Å². The monoisotopic (exact) mass is 263 g/mol. The van der Waals surface area contributed by atoms with Gasteiger partial charge in [-0.2, -0.15) is 0 Å². The number of azide groups is 1. The summed E-state index contributed by atoms with van der Waals surface area (Å²) in [6.07, 6.45) is 0. The van der Waals surface area contributed by atoms with Crippen molar-refractivity contribution in [2.24, 2.45) is 5.11 Å². The van der Waals surface area contributed by atoms with Crippen LogP contribution in [0.1, 0.15) is 17.2 Å². The number of hydrogen-bond acceptors (Lipinski definition) is 2. The molecule has 0 N–H and O–H groups in total. The van der Waals surface area contributed by atoms with E-state index in [1.165, 1.54) is 0 Å².